The van der Waals surface area contributed by atoms with Crippen molar-refractivity contribution in [2.75, 3.05) is 0 Å². The molecule has 0 aliphatic rings. The average Bonchev–Trinajstić information content (AvgIpc) is 2.74. The molecule has 0 unspecified atom stereocenters. The van der Waals surface area contributed by atoms with Crippen molar-refractivity contribution in [1.82, 2.24) is 4.98 Å². The van der Waals surface area contributed by atoms with Crippen LogP contribution in [0.4, 0.5) is 0 Å². The third-order valence-electron chi connectivity index (χ3n) is 2.30. The van der Waals surface area contributed by atoms with Crippen molar-refractivity contribution in [3.05, 3.63) is 40.9 Å². The van der Waals surface area contributed by atoms with Crippen molar-refractivity contribution in [3.63, 3.8) is 0 Å². The number of ketones is 1. The van der Waals surface area contributed by atoms with E-state index in [2.05, 4.69) is 4.98 Å². The lowest BCUT2D eigenvalue weighted by Crippen LogP contribution is -1.98. The largest absolute Gasteiger partial charge is 0.294 e. The van der Waals surface area contributed by atoms with Crippen LogP contribution in [0.3, 0.4) is 0 Å². The van der Waals surface area contributed by atoms with Crippen LogP contribution in [-0.4, -0.2) is 10.8 Å². The van der Waals surface area contributed by atoms with Crippen molar-refractivity contribution < 1.29 is 4.79 Å². The second-order valence-corrected chi connectivity index (χ2v) is 5.78. The number of aryl methyl sites for hydroxylation is 1. The van der Waals surface area contributed by atoms with Crippen LogP contribution in [-0.2, 0) is 0 Å². The third kappa shape index (κ3) is 2.96. The van der Waals surface area contributed by atoms with Crippen molar-refractivity contribution in [2.24, 2.45) is 0 Å². The van der Waals surface area contributed by atoms with Gasteiger partial charge in [0.1, 0.15) is 0 Å². The Balaban J connectivity index is 2.29. The van der Waals surface area contributed by atoms with Gasteiger partial charge in [-0.3, -0.25) is 4.79 Å². The van der Waals surface area contributed by atoms with E-state index in [1.54, 1.807) is 23.1 Å². The molecular formula is C13H13NOS2. The number of carbonyl (C=O) groups is 1. The fourth-order valence-electron chi connectivity index (χ4n) is 1.45. The number of carbonyl (C=O) groups excluding carboxylic acids is 1. The lowest BCUT2D eigenvalue weighted by Gasteiger charge is -2.04. The van der Waals surface area contributed by atoms with Crippen LogP contribution < -0.4 is 0 Å². The number of thiazole rings is 1. The van der Waals surface area contributed by atoms with Gasteiger partial charge in [-0.1, -0.05) is 36.9 Å². The Labute approximate surface area is 109 Å². The highest BCUT2D eigenvalue weighted by Crippen LogP contribution is 2.32. The molecule has 0 aliphatic heterocycles. The molecule has 1 aromatic heterocycles. The van der Waals surface area contributed by atoms with Crippen molar-refractivity contribution >= 4 is 28.9 Å². The van der Waals surface area contributed by atoms with Gasteiger partial charge < -0.3 is 0 Å². The van der Waals surface area contributed by atoms with Crippen LogP contribution in [0, 0.1) is 6.92 Å². The first-order valence-corrected chi connectivity index (χ1v) is 7.12. The summed E-state index contributed by atoms with van der Waals surface area (Å²) in [5.74, 6) is 0.182. The molecule has 0 atom stereocenters. The molecule has 88 valence electrons. The fraction of sp³-hybridized carbons (Fsp3) is 0.231. The summed E-state index contributed by atoms with van der Waals surface area (Å²) < 4.78 is 0.985. The van der Waals surface area contributed by atoms with Gasteiger partial charge in [0.15, 0.2) is 10.1 Å². The van der Waals surface area contributed by atoms with Crippen molar-refractivity contribution in [3.8, 4) is 0 Å². The first-order valence-electron chi connectivity index (χ1n) is 5.43. The summed E-state index contributed by atoms with van der Waals surface area (Å²) in [7, 11) is 0. The smallest absolute Gasteiger partial charge is 0.163 e. The molecule has 0 aliphatic carbocycles. The normalized spacial score (nSPS) is 10.5. The van der Waals surface area contributed by atoms with Crippen LogP contribution >= 0.6 is 23.1 Å². The Morgan fingerprint density at radius 2 is 2.18 bits per heavy atom. The number of nitrogens with zero attached hydrogens (tertiary/aromatic N) is 1. The second-order valence-electron chi connectivity index (χ2n) is 3.63. The molecule has 0 radical (unpaired) electrons. The molecule has 0 bridgehead atoms. The molecule has 0 fully saturated rings. The Morgan fingerprint density at radius 3 is 2.82 bits per heavy atom. The Morgan fingerprint density at radius 1 is 1.41 bits per heavy atom. The summed E-state index contributed by atoms with van der Waals surface area (Å²) in [6.07, 6.45) is 0.536. The molecule has 2 nitrogen and oxygen atoms in total. The molecule has 0 amide bonds. The van der Waals surface area contributed by atoms with E-state index in [4.69, 9.17) is 0 Å². The number of aromatic nitrogens is 1. The first-order chi connectivity index (χ1) is 8.20. The standard InChI is InChI=1S/C13H13NOS2/c1-3-11(15)10-6-4-5-7-12(10)17-13-14-9(2)8-16-13/h4-8H,3H2,1-2H3. The van der Waals surface area contributed by atoms with Gasteiger partial charge in [0, 0.05) is 28.0 Å². The van der Waals surface area contributed by atoms with Gasteiger partial charge in [-0.15, -0.1) is 11.3 Å². The van der Waals surface area contributed by atoms with Gasteiger partial charge in [-0.2, -0.15) is 0 Å². The SMILES string of the molecule is CCC(=O)c1ccccc1Sc1nc(C)cs1. The van der Waals surface area contributed by atoms with E-state index in [1.165, 1.54) is 0 Å². The quantitative estimate of drug-likeness (QED) is 0.774. The monoisotopic (exact) mass is 263 g/mol. The summed E-state index contributed by atoms with van der Waals surface area (Å²) in [6, 6.07) is 7.72. The lowest BCUT2D eigenvalue weighted by atomic mass is 10.1. The summed E-state index contributed by atoms with van der Waals surface area (Å²) >= 11 is 3.18. The van der Waals surface area contributed by atoms with Crippen LogP contribution in [0.25, 0.3) is 0 Å². The van der Waals surface area contributed by atoms with Crippen LogP contribution in [0.2, 0.25) is 0 Å². The van der Waals surface area contributed by atoms with Crippen LogP contribution in [0.5, 0.6) is 0 Å². The molecule has 4 heteroatoms. The predicted molar refractivity (Wildman–Crippen MR) is 72.0 cm³/mol. The summed E-state index contributed by atoms with van der Waals surface area (Å²) in [5.41, 5.74) is 1.82. The molecule has 0 N–H and O–H groups in total. The zero-order valence-corrected chi connectivity index (χ0v) is 11.4. The number of hydrogen-bond donors (Lipinski definition) is 0. The summed E-state index contributed by atoms with van der Waals surface area (Å²) in [6.45, 7) is 3.86. The van der Waals surface area contributed by atoms with E-state index in [9.17, 15) is 4.79 Å². The topological polar surface area (TPSA) is 30.0 Å². The Bertz CT molecular complexity index is 534. The molecule has 0 saturated heterocycles. The minimum absolute atomic E-state index is 0.182. The van der Waals surface area contributed by atoms with Crippen LogP contribution in [0.1, 0.15) is 29.4 Å². The minimum Gasteiger partial charge on any atom is -0.294 e. The molecule has 1 aromatic carbocycles. The van der Waals surface area contributed by atoms with E-state index >= 15 is 0 Å². The van der Waals surface area contributed by atoms with E-state index in [0.717, 1.165) is 20.5 Å². The van der Waals surface area contributed by atoms with Gasteiger partial charge in [-0.25, -0.2) is 4.98 Å². The van der Waals surface area contributed by atoms with E-state index in [1.807, 2.05) is 43.5 Å². The zero-order valence-electron chi connectivity index (χ0n) is 9.77. The van der Waals surface area contributed by atoms with E-state index < -0.39 is 0 Å². The first kappa shape index (κ1) is 12.3. The van der Waals surface area contributed by atoms with Gasteiger partial charge in [0.25, 0.3) is 0 Å². The van der Waals surface area contributed by atoms with Gasteiger partial charge in [-0.05, 0) is 13.0 Å². The predicted octanol–water partition coefficient (Wildman–Crippen LogP) is 4.20. The van der Waals surface area contributed by atoms with Gasteiger partial charge in [0.2, 0.25) is 0 Å². The molecule has 0 spiro atoms. The number of rotatable bonds is 4. The number of benzene rings is 1. The number of hydrogen-bond acceptors (Lipinski definition) is 4. The van der Waals surface area contributed by atoms with Gasteiger partial charge in [0.05, 0.1) is 0 Å². The average molecular weight is 263 g/mol. The maximum atomic E-state index is 11.8. The summed E-state index contributed by atoms with van der Waals surface area (Å²) in [5, 5.41) is 2.02. The second kappa shape index (κ2) is 5.47. The third-order valence-corrected chi connectivity index (χ3v) is 4.44. The Kier molecular flexibility index (Phi) is 3.97. The molecule has 2 rings (SSSR count). The van der Waals surface area contributed by atoms with E-state index in [-0.39, 0.29) is 5.78 Å². The fourth-order valence-corrected chi connectivity index (χ4v) is 3.39. The maximum absolute atomic E-state index is 11.8. The van der Waals surface area contributed by atoms with Crippen molar-refractivity contribution in [1.29, 1.82) is 0 Å². The lowest BCUT2D eigenvalue weighted by molar-refractivity contribution is 0.0985. The number of Topliss-reactive ketones (excluding diaryl/α,β-unsaturated/α-hetero) is 1. The highest BCUT2D eigenvalue weighted by Gasteiger charge is 2.11. The Hall–Kier alpha value is -1.13. The highest BCUT2D eigenvalue weighted by atomic mass is 32.2. The summed E-state index contributed by atoms with van der Waals surface area (Å²) in [4.78, 5) is 17.2. The molecule has 17 heavy (non-hydrogen) atoms. The van der Waals surface area contributed by atoms with E-state index in [0.29, 0.717) is 6.42 Å². The van der Waals surface area contributed by atoms with Gasteiger partial charge >= 0.3 is 0 Å². The maximum Gasteiger partial charge on any atom is 0.163 e. The molecule has 1 heterocycles. The zero-order chi connectivity index (χ0) is 12.3. The highest BCUT2D eigenvalue weighted by molar-refractivity contribution is 8.01. The molecule has 0 saturated carbocycles. The molecule has 2 aromatic rings. The van der Waals surface area contributed by atoms with Crippen molar-refractivity contribution in [2.45, 2.75) is 29.5 Å². The molecular weight excluding hydrogens is 250 g/mol. The van der Waals surface area contributed by atoms with Crippen LogP contribution in [0.15, 0.2) is 38.9 Å². The minimum atomic E-state index is 0.182.